The average Bonchev–Trinajstić information content (AvgIpc) is 3.13. The van der Waals surface area contributed by atoms with Gasteiger partial charge in [0.05, 0.1) is 36.1 Å². The Morgan fingerprint density at radius 1 is 1.32 bits per heavy atom. The molecule has 1 amide bonds. The van der Waals surface area contributed by atoms with Crippen LogP contribution in [-0.4, -0.2) is 42.6 Å². The van der Waals surface area contributed by atoms with Crippen LogP contribution < -0.4 is 4.74 Å². The molecule has 2 aliphatic heterocycles. The van der Waals surface area contributed by atoms with Crippen molar-refractivity contribution in [2.24, 2.45) is 5.92 Å². The number of fused-ring (bicyclic) bond motifs is 2. The molecule has 0 atom stereocenters. The van der Waals surface area contributed by atoms with Crippen molar-refractivity contribution in [3.8, 4) is 16.3 Å². The fraction of sp³-hybridized carbons (Fsp3) is 0.545. The number of nitrogens with zero attached hydrogens (tertiary/aromatic N) is 2. The summed E-state index contributed by atoms with van der Waals surface area (Å²) in [5.74, 6) is 1.42. The molecule has 0 N–H and O–H groups in total. The van der Waals surface area contributed by atoms with Gasteiger partial charge in [-0.2, -0.15) is 0 Å². The van der Waals surface area contributed by atoms with E-state index in [0.717, 1.165) is 63.2 Å². The van der Waals surface area contributed by atoms with E-state index in [1.165, 1.54) is 21.7 Å². The highest BCUT2D eigenvalue weighted by Crippen LogP contribution is 2.46. The standard InChI is InChI=1S/C22H26N2O3S/c1-26-16-5-6-18(23-14-16)20-13-17-19(28-20)7-12-27-22(17)8-10-24(11-9-22)21(25)15-3-2-4-15/h5-6,13-15H,2-4,7-12H2,1H3. The van der Waals surface area contributed by atoms with Crippen LogP contribution in [0.25, 0.3) is 10.6 Å². The summed E-state index contributed by atoms with van der Waals surface area (Å²) in [5.41, 5.74) is 2.07. The molecule has 2 aromatic rings. The first kappa shape index (κ1) is 18.1. The average molecular weight is 399 g/mol. The first-order valence-electron chi connectivity index (χ1n) is 10.2. The molecule has 1 aliphatic carbocycles. The summed E-state index contributed by atoms with van der Waals surface area (Å²) in [6, 6.07) is 6.25. The first-order valence-corrected chi connectivity index (χ1v) is 11.1. The summed E-state index contributed by atoms with van der Waals surface area (Å²) < 4.78 is 11.6. The molecule has 5 rings (SSSR count). The molecule has 2 aromatic heterocycles. The molecule has 0 aromatic carbocycles. The number of pyridine rings is 1. The van der Waals surface area contributed by atoms with Crippen molar-refractivity contribution in [1.82, 2.24) is 9.88 Å². The largest absolute Gasteiger partial charge is 0.495 e. The maximum atomic E-state index is 12.6. The number of amides is 1. The second-order valence-corrected chi connectivity index (χ2v) is 9.21. The van der Waals surface area contributed by atoms with Crippen molar-refractivity contribution in [3.63, 3.8) is 0 Å². The van der Waals surface area contributed by atoms with Crippen LogP contribution in [0.5, 0.6) is 5.75 Å². The van der Waals surface area contributed by atoms with Gasteiger partial charge < -0.3 is 14.4 Å². The van der Waals surface area contributed by atoms with Gasteiger partial charge in [0.1, 0.15) is 5.75 Å². The molecule has 0 bridgehead atoms. The summed E-state index contributed by atoms with van der Waals surface area (Å²) in [6.45, 7) is 2.38. The number of carbonyl (C=O) groups is 1. The van der Waals surface area contributed by atoms with E-state index in [0.29, 0.717) is 5.91 Å². The molecule has 2 fully saturated rings. The van der Waals surface area contributed by atoms with E-state index in [-0.39, 0.29) is 11.5 Å². The number of carbonyl (C=O) groups excluding carboxylic acids is 1. The van der Waals surface area contributed by atoms with Crippen molar-refractivity contribution < 1.29 is 14.3 Å². The Morgan fingerprint density at radius 3 is 2.79 bits per heavy atom. The Morgan fingerprint density at radius 2 is 2.14 bits per heavy atom. The summed E-state index contributed by atoms with van der Waals surface area (Å²) >= 11 is 1.83. The van der Waals surface area contributed by atoms with Crippen LogP contribution in [0.4, 0.5) is 0 Å². The summed E-state index contributed by atoms with van der Waals surface area (Å²) in [6.07, 6.45) is 7.87. The molecule has 28 heavy (non-hydrogen) atoms. The van der Waals surface area contributed by atoms with Gasteiger partial charge in [-0.05, 0) is 49.4 Å². The molecule has 3 aliphatic rings. The number of methoxy groups -OCH3 is 1. The Hall–Kier alpha value is -1.92. The predicted octanol–water partition coefficient (Wildman–Crippen LogP) is 4.01. The van der Waals surface area contributed by atoms with Crippen LogP contribution in [0.3, 0.4) is 0 Å². The number of rotatable bonds is 3. The van der Waals surface area contributed by atoms with Crippen molar-refractivity contribution in [2.75, 3.05) is 26.8 Å². The third-order valence-electron chi connectivity index (χ3n) is 6.57. The van der Waals surface area contributed by atoms with Crippen LogP contribution in [0.1, 0.15) is 42.5 Å². The third-order valence-corrected chi connectivity index (χ3v) is 7.79. The molecule has 0 radical (unpaired) electrons. The van der Waals surface area contributed by atoms with E-state index in [4.69, 9.17) is 9.47 Å². The van der Waals surface area contributed by atoms with Crippen molar-refractivity contribution >= 4 is 17.2 Å². The molecule has 4 heterocycles. The van der Waals surface area contributed by atoms with Crippen LogP contribution >= 0.6 is 11.3 Å². The second kappa shape index (κ2) is 7.16. The minimum Gasteiger partial charge on any atom is -0.495 e. The molecular formula is C22H26N2O3S. The number of aromatic nitrogens is 1. The van der Waals surface area contributed by atoms with Crippen molar-refractivity contribution in [3.05, 3.63) is 34.8 Å². The molecule has 1 saturated heterocycles. The van der Waals surface area contributed by atoms with Crippen molar-refractivity contribution in [2.45, 2.75) is 44.1 Å². The molecule has 5 nitrogen and oxygen atoms in total. The molecule has 1 saturated carbocycles. The Bertz CT molecular complexity index is 864. The SMILES string of the molecule is COc1ccc(-c2cc3c(s2)CCOC32CCN(C(=O)C3CCC3)CC2)nc1. The first-order chi connectivity index (χ1) is 13.7. The fourth-order valence-electron chi connectivity index (χ4n) is 4.61. The van der Waals surface area contributed by atoms with Gasteiger partial charge in [-0.25, -0.2) is 0 Å². The highest BCUT2D eigenvalue weighted by atomic mass is 32.1. The van der Waals surface area contributed by atoms with Gasteiger partial charge in [0.15, 0.2) is 0 Å². The fourth-order valence-corrected chi connectivity index (χ4v) is 5.81. The van der Waals surface area contributed by atoms with Gasteiger partial charge >= 0.3 is 0 Å². The molecule has 0 unspecified atom stereocenters. The van der Waals surface area contributed by atoms with E-state index in [2.05, 4.69) is 16.0 Å². The highest BCUT2D eigenvalue weighted by Gasteiger charge is 2.43. The number of likely N-dealkylation sites (tertiary alicyclic amines) is 1. The van der Waals surface area contributed by atoms with E-state index in [9.17, 15) is 4.79 Å². The van der Waals surface area contributed by atoms with E-state index >= 15 is 0 Å². The molecular weight excluding hydrogens is 372 g/mol. The Kier molecular flexibility index (Phi) is 4.63. The number of hydrogen-bond acceptors (Lipinski definition) is 5. The summed E-state index contributed by atoms with van der Waals surface area (Å²) in [7, 11) is 1.66. The smallest absolute Gasteiger partial charge is 0.225 e. The zero-order valence-electron chi connectivity index (χ0n) is 16.3. The lowest BCUT2D eigenvalue weighted by Gasteiger charge is -2.45. The summed E-state index contributed by atoms with van der Waals surface area (Å²) in [5, 5.41) is 0. The minimum absolute atomic E-state index is 0.231. The van der Waals surface area contributed by atoms with Gasteiger partial charge in [-0.3, -0.25) is 9.78 Å². The lowest BCUT2D eigenvalue weighted by molar-refractivity contribution is -0.147. The normalized spacial score (nSPS) is 21.2. The second-order valence-electron chi connectivity index (χ2n) is 8.08. The summed E-state index contributed by atoms with van der Waals surface area (Å²) in [4.78, 5) is 21.8. The Balaban J connectivity index is 1.37. The lowest BCUT2D eigenvalue weighted by atomic mass is 9.80. The lowest BCUT2D eigenvalue weighted by Crippen LogP contribution is -2.50. The minimum atomic E-state index is -0.231. The maximum Gasteiger partial charge on any atom is 0.225 e. The van der Waals surface area contributed by atoms with E-state index in [1.807, 2.05) is 23.5 Å². The monoisotopic (exact) mass is 398 g/mol. The number of thiophene rings is 1. The highest BCUT2D eigenvalue weighted by molar-refractivity contribution is 7.15. The number of ether oxygens (including phenoxy) is 2. The quantitative estimate of drug-likeness (QED) is 0.784. The van der Waals surface area contributed by atoms with Gasteiger partial charge in [-0.15, -0.1) is 11.3 Å². The van der Waals surface area contributed by atoms with E-state index in [1.54, 1.807) is 13.3 Å². The van der Waals surface area contributed by atoms with Crippen LogP contribution in [0.2, 0.25) is 0 Å². The van der Waals surface area contributed by atoms with Crippen LogP contribution in [0, 0.1) is 5.92 Å². The zero-order valence-corrected chi connectivity index (χ0v) is 17.1. The van der Waals surface area contributed by atoms with Gasteiger partial charge in [0.25, 0.3) is 0 Å². The topological polar surface area (TPSA) is 51.7 Å². The number of piperidine rings is 1. The predicted molar refractivity (Wildman–Crippen MR) is 109 cm³/mol. The van der Waals surface area contributed by atoms with Gasteiger partial charge in [0, 0.05) is 30.3 Å². The Labute approximate surface area is 169 Å². The maximum absolute atomic E-state index is 12.6. The number of hydrogen-bond donors (Lipinski definition) is 0. The van der Waals surface area contributed by atoms with Gasteiger partial charge in [-0.1, -0.05) is 6.42 Å². The van der Waals surface area contributed by atoms with Crippen LogP contribution in [0.15, 0.2) is 24.4 Å². The zero-order chi connectivity index (χ0) is 19.1. The third kappa shape index (κ3) is 3.03. The van der Waals surface area contributed by atoms with Gasteiger partial charge in [0.2, 0.25) is 5.91 Å². The van der Waals surface area contributed by atoms with E-state index < -0.39 is 0 Å². The van der Waals surface area contributed by atoms with Crippen LogP contribution in [-0.2, 0) is 21.6 Å². The van der Waals surface area contributed by atoms with Crippen molar-refractivity contribution in [1.29, 1.82) is 0 Å². The molecule has 148 valence electrons. The molecule has 1 spiro atoms. The molecule has 6 heteroatoms.